The second-order valence-electron chi connectivity index (χ2n) is 4.37. The lowest BCUT2D eigenvalue weighted by molar-refractivity contribution is 0.941. The van der Waals surface area contributed by atoms with E-state index in [1.165, 1.54) is 11.1 Å². The fourth-order valence-electron chi connectivity index (χ4n) is 1.91. The van der Waals surface area contributed by atoms with Crippen molar-refractivity contribution in [3.63, 3.8) is 0 Å². The molecular formula is C14H16ClN3. The van der Waals surface area contributed by atoms with Gasteiger partial charge < -0.3 is 4.90 Å². The molecule has 0 N–H and O–H groups in total. The van der Waals surface area contributed by atoms with Gasteiger partial charge in [0, 0.05) is 12.7 Å². The number of rotatable bonds is 3. The van der Waals surface area contributed by atoms with Gasteiger partial charge in [-0.05, 0) is 37.6 Å². The first-order chi connectivity index (χ1) is 8.61. The predicted molar refractivity (Wildman–Crippen MR) is 75.6 cm³/mol. The zero-order valence-corrected chi connectivity index (χ0v) is 11.6. The summed E-state index contributed by atoms with van der Waals surface area (Å²) in [6.45, 7) is 4.19. The van der Waals surface area contributed by atoms with Crippen molar-refractivity contribution in [1.82, 2.24) is 10.2 Å². The fourth-order valence-corrected chi connectivity index (χ4v) is 2.05. The van der Waals surface area contributed by atoms with Crippen molar-refractivity contribution in [1.29, 1.82) is 0 Å². The standard InChI is InChI=1S/C14H16ClN3/c1-10-4-6-13(11(2)8-10)18(3)14-7-5-12(9-15)16-17-14/h4-8H,9H2,1-3H3. The van der Waals surface area contributed by atoms with Crippen LogP contribution in [0.5, 0.6) is 0 Å². The molecule has 0 aliphatic heterocycles. The Morgan fingerprint density at radius 2 is 1.89 bits per heavy atom. The van der Waals surface area contributed by atoms with Gasteiger partial charge in [0.15, 0.2) is 5.82 Å². The number of alkyl halides is 1. The van der Waals surface area contributed by atoms with Crippen molar-refractivity contribution in [3.8, 4) is 0 Å². The monoisotopic (exact) mass is 261 g/mol. The summed E-state index contributed by atoms with van der Waals surface area (Å²) in [4.78, 5) is 2.03. The van der Waals surface area contributed by atoms with Gasteiger partial charge in [-0.15, -0.1) is 16.7 Å². The summed E-state index contributed by atoms with van der Waals surface area (Å²) in [6, 6.07) is 10.2. The number of halogens is 1. The zero-order chi connectivity index (χ0) is 13.1. The van der Waals surface area contributed by atoms with Crippen LogP contribution >= 0.6 is 11.6 Å². The van der Waals surface area contributed by atoms with E-state index in [4.69, 9.17) is 11.6 Å². The van der Waals surface area contributed by atoms with Gasteiger partial charge in [0.25, 0.3) is 0 Å². The molecule has 94 valence electrons. The molecular weight excluding hydrogens is 246 g/mol. The van der Waals surface area contributed by atoms with E-state index in [0.717, 1.165) is 17.2 Å². The van der Waals surface area contributed by atoms with Crippen molar-refractivity contribution in [2.45, 2.75) is 19.7 Å². The van der Waals surface area contributed by atoms with Gasteiger partial charge in [-0.3, -0.25) is 0 Å². The molecule has 0 amide bonds. The zero-order valence-electron chi connectivity index (χ0n) is 10.8. The molecule has 2 rings (SSSR count). The average molecular weight is 262 g/mol. The van der Waals surface area contributed by atoms with Crippen LogP contribution in [0.25, 0.3) is 0 Å². The van der Waals surface area contributed by atoms with E-state index in [9.17, 15) is 0 Å². The number of aryl methyl sites for hydroxylation is 2. The summed E-state index contributed by atoms with van der Waals surface area (Å²) in [6.07, 6.45) is 0. The third kappa shape index (κ3) is 2.62. The van der Waals surface area contributed by atoms with Gasteiger partial charge in [-0.25, -0.2) is 0 Å². The molecule has 1 aromatic carbocycles. The van der Waals surface area contributed by atoms with Crippen LogP contribution < -0.4 is 4.90 Å². The highest BCUT2D eigenvalue weighted by atomic mass is 35.5. The van der Waals surface area contributed by atoms with E-state index in [-0.39, 0.29) is 0 Å². The highest BCUT2D eigenvalue weighted by molar-refractivity contribution is 6.16. The predicted octanol–water partition coefficient (Wildman–Crippen LogP) is 3.60. The van der Waals surface area contributed by atoms with Crippen LogP contribution in [0.2, 0.25) is 0 Å². The van der Waals surface area contributed by atoms with Crippen LogP contribution in [0, 0.1) is 13.8 Å². The van der Waals surface area contributed by atoms with Gasteiger partial charge in [-0.2, -0.15) is 5.10 Å². The lowest BCUT2D eigenvalue weighted by Crippen LogP contribution is -2.13. The summed E-state index contributed by atoms with van der Waals surface area (Å²) in [5, 5.41) is 8.25. The van der Waals surface area contributed by atoms with Crippen LogP contribution in [0.1, 0.15) is 16.8 Å². The Bertz CT molecular complexity index is 537. The maximum absolute atomic E-state index is 5.70. The molecule has 0 saturated heterocycles. The highest BCUT2D eigenvalue weighted by Gasteiger charge is 2.08. The smallest absolute Gasteiger partial charge is 0.155 e. The summed E-state index contributed by atoms with van der Waals surface area (Å²) in [5.74, 6) is 1.21. The molecule has 1 heterocycles. The van der Waals surface area contributed by atoms with Crippen LogP contribution in [-0.4, -0.2) is 17.2 Å². The highest BCUT2D eigenvalue weighted by Crippen LogP contribution is 2.25. The van der Waals surface area contributed by atoms with Gasteiger partial charge in [0.05, 0.1) is 11.6 Å². The van der Waals surface area contributed by atoms with Crippen molar-refractivity contribution < 1.29 is 0 Å². The Labute approximate surface area is 112 Å². The molecule has 0 fully saturated rings. The first kappa shape index (κ1) is 12.8. The van der Waals surface area contributed by atoms with Crippen molar-refractivity contribution in [2.24, 2.45) is 0 Å². The number of hydrogen-bond acceptors (Lipinski definition) is 3. The third-order valence-electron chi connectivity index (χ3n) is 2.90. The Morgan fingerprint density at radius 3 is 2.44 bits per heavy atom. The number of anilines is 2. The molecule has 1 aromatic heterocycles. The largest absolute Gasteiger partial charge is 0.328 e. The van der Waals surface area contributed by atoms with Gasteiger partial charge >= 0.3 is 0 Å². The van der Waals surface area contributed by atoms with E-state index < -0.39 is 0 Å². The number of aromatic nitrogens is 2. The van der Waals surface area contributed by atoms with Crippen LogP contribution in [0.3, 0.4) is 0 Å². The summed E-state index contributed by atoms with van der Waals surface area (Å²) in [7, 11) is 1.99. The normalized spacial score (nSPS) is 10.4. The quantitative estimate of drug-likeness (QED) is 0.791. The summed E-state index contributed by atoms with van der Waals surface area (Å²) < 4.78 is 0. The minimum atomic E-state index is 0.389. The maximum atomic E-state index is 5.70. The van der Waals surface area contributed by atoms with Crippen molar-refractivity contribution in [2.75, 3.05) is 11.9 Å². The number of benzene rings is 1. The second-order valence-corrected chi connectivity index (χ2v) is 4.63. The van der Waals surface area contributed by atoms with Crippen LogP contribution in [0.4, 0.5) is 11.5 Å². The maximum Gasteiger partial charge on any atom is 0.155 e. The topological polar surface area (TPSA) is 29.0 Å². The molecule has 0 unspecified atom stereocenters. The number of hydrogen-bond donors (Lipinski definition) is 0. The molecule has 0 saturated carbocycles. The molecule has 0 spiro atoms. The average Bonchev–Trinajstić information content (AvgIpc) is 2.38. The van der Waals surface area contributed by atoms with E-state index >= 15 is 0 Å². The van der Waals surface area contributed by atoms with Crippen LogP contribution in [-0.2, 0) is 5.88 Å². The van der Waals surface area contributed by atoms with Gasteiger partial charge in [0.2, 0.25) is 0 Å². The third-order valence-corrected chi connectivity index (χ3v) is 3.17. The van der Waals surface area contributed by atoms with Crippen molar-refractivity contribution in [3.05, 3.63) is 47.2 Å². The number of nitrogens with zero attached hydrogens (tertiary/aromatic N) is 3. The first-order valence-electron chi connectivity index (χ1n) is 5.81. The summed E-state index contributed by atoms with van der Waals surface area (Å²) >= 11 is 5.70. The Balaban J connectivity index is 2.31. The van der Waals surface area contributed by atoms with Gasteiger partial charge in [0.1, 0.15) is 0 Å². The Morgan fingerprint density at radius 1 is 1.11 bits per heavy atom. The van der Waals surface area contributed by atoms with E-state index in [1.54, 1.807) is 0 Å². The lowest BCUT2D eigenvalue weighted by Gasteiger charge is -2.20. The fraction of sp³-hybridized carbons (Fsp3) is 0.286. The van der Waals surface area contributed by atoms with E-state index in [2.05, 4.69) is 42.2 Å². The van der Waals surface area contributed by atoms with Crippen LogP contribution in [0.15, 0.2) is 30.3 Å². The minimum absolute atomic E-state index is 0.389. The molecule has 0 aliphatic carbocycles. The van der Waals surface area contributed by atoms with Gasteiger partial charge in [-0.1, -0.05) is 17.7 Å². The Kier molecular flexibility index (Phi) is 3.82. The first-order valence-corrected chi connectivity index (χ1v) is 6.35. The molecule has 0 aliphatic rings. The van der Waals surface area contributed by atoms with E-state index in [0.29, 0.717) is 5.88 Å². The lowest BCUT2D eigenvalue weighted by atomic mass is 10.1. The minimum Gasteiger partial charge on any atom is -0.328 e. The van der Waals surface area contributed by atoms with E-state index in [1.807, 2.05) is 24.1 Å². The summed E-state index contributed by atoms with van der Waals surface area (Å²) in [5.41, 5.74) is 4.40. The van der Waals surface area contributed by atoms with Crippen molar-refractivity contribution >= 4 is 23.1 Å². The Hall–Kier alpha value is -1.61. The molecule has 0 radical (unpaired) electrons. The SMILES string of the molecule is Cc1ccc(N(C)c2ccc(CCl)nn2)c(C)c1. The second kappa shape index (κ2) is 5.36. The molecule has 0 bridgehead atoms. The molecule has 0 atom stereocenters. The molecule has 2 aromatic rings. The molecule has 3 nitrogen and oxygen atoms in total. The molecule has 4 heteroatoms. The molecule has 18 heavy (non-hydrogen) atoms.